The Bertz CT molecular complexity index is 994. The Morgan fingerprint density at radius 2 is 2.15 bits per heavy atom. The molecule has 1 aliphatic heterocycles. The molecule has 2 aromatic heterocycles. The zero-order chi connectivity index (χ0) is 18.8. The average molecular weight is 365 g/mol. The van der Waals surface area contributed by atoms with E-state index in [2.05, 4.69) is 17.2 Å². The fourth-order valence-corrected chi connectivity index (χ4v) is 3.31. The van der Waals surface area contributed by atoms with E-state index in [4.69, 9.17) is 9.47 Å². The number of carbonyl (C=O) groups is 1. The van der Waals surface area contributed by atoms with Crippen LogP contribution in [0.3, 0.4) is 0 Å². The highest BCUT2D eigenvalue weighted by atomic mass is 16.5. The fourth-order valence-electron chi connectivity index (χ4n) is 3.31. The van der Waals surface area contributed by atoms with Crippen molar-refractivity contribution >= 4 is 17.2 Å². The van der Waals surface area contributed by atoms with Crippen LogP contribution >= 0.6 is 0 Å². The van der Waals surface area contributed by atoms with Gasteiger partial charge in [0.15, 0.2) is 0 Å². The first-order valence-corrected chi connectivity index (χ1v) is 9.33. The molecule has 0 radical (unpaired) electrons. The molecule has 0 atom stereocenters. The minimum atomic E-state index is -0.167. The molecule has 27 heavy (non-hydrogen) atoms. The van der Waals surface area contributed by atoms with Crippen LogP contribution < -0.4 is 10.1 Å². The molecule has 0 bridgehead atoms. The van der Waals surface area contributed by atoms with Gasteiger partial charge in [-0.2, -0.15) is 0 Å². The summed E-state index contributed by atoms with van der Waals surface area (Å²) >= 11 is 0. The third-order valence-electron chi connectivity index (χ3n) is 4.76. The molecule has 0 saturated heterocycles. The number of nitrogens with zero attached hydrogens (tertiary/aromatic N) is 2. The Kier molecular flexibility index (Phi) is 4.81. The summed E-state index contributed by atoms with van der Waals surface area (Å²) in [5.41, 5.74) is 5.37. The van der Waals surface area contributed by atoms with E-state index >= 15 is 0 Å². The second kappa shape index (κ2) is 7.40. The fraction of sp³-hybridized carbons (Fsp3) is 0.333. The summed E-state index contributed by atoms with van der Waals surface area (Å²) < 4.78 is 13.1. The predicted octanol–water partition coefficient (Wildman–Crippen LogP) is 3.62. The number of imidazole rings is 1. The molecule has 4 rings (SSSR count). The van der Waals surface area contributed by atoms with E-state index in [-0.39, 0.29) is 5.91 Å². The second-order valence-electron chi connectivity index (χ2n) is 6.58. The molecule has 0 aliphatic carbocycles. The number of anilines is 1. The van der Waals surface area contributed by atoms with Gasteiger partial charge in [0.25, 0.3) is 5.91 Å². The number of pyridine rings is 1. The normalized spacial score (nSPS) is 13.4. The average Bonchev–Trinajstić information content (AvgIpc) is 3.10. The number of aryl methyl sites for hydroxylation is 1. The van der Waals surface area contributed by atoms with Crippen molar-refractivity contribution in [1.82, 2.24) is 9.38 Å². The van der Waals surface area contributed by atoms with Crippen molar-refractivity contribution in [3.05, 3.63) is 59.0 Å². The summed E-state index contributed by atoms with van der Waals surface area (Å²) in [4.78, 5) is 17.4. The Balaban J connectivity index is 1.65. The molecule has 0 saturated carbocycles. The third-order valence-corrected chi connectivity index (χ3v) is 4.76. The van der Waals surface area contributed by atoms with Gasteiger partial charge in [-0.05, 0) is 43.0 Å². The molecule has 0 fully saturated rings. The van der Waals surface area contributed by atoms with E-state index < -0.39 is 0 Å². The van der Waals surface area contributed by atoms with Gasteiger partial charge >= 0.3 is 0 Å². The van der Waals surface area contributed by atoms with Crippen molar-refractivity contribution in [2.24, 2.45) is 0 Å². The van der Waals surface area contributed by atoms with Crippen molar-refractivity contribution in [1.29, 1.82) is 0 Å². The number of carbonyl (C=O) groups excluding carboxylic acids is 1. The van der Waals surface area contributed by atoms with E-state index in [9.17, 15) is 4.79 Å². The summed E-state index contributed by atoms with van der Waals surface area (Å²) in [5, 5.41) is 2.98. The van der Waals surface area contributed by atoms with Crippen molar-refractivity contribution in [2.45, 2.75) is 33.3 Å². The number of fused-ring (bicyclic) bond motifs is 2. The van der Waals surface area contributed by atoms with Crippen LogP contribution in [0, 0.1) is 0 Å². The monoisotopic (exact) mass is 365 g/mol. The van der Waals surface area contributed by atoms with Gasteiger partial charge in [-0.3, -0.25) is 4.79 Å². The first-order chi connectivity index (χ1) is 13.2. The van der Waals surface area contributed by atoms with E-state index in [1.54, 1.807) is 0 Å². The number of hydrogen-bond acceptors (Lipinski definition) is 4. The molecule has 1 aliphatic rings. The van der Waals surface area contributed by atoms with Crippen LogP contribution in [0.2, 0.25) is 0 Å². The first kappa shape index (κ1) is 17.5. The quantitative estimate of drug-likeness (QED) is 0.750. The highest BCUT2D eigenvalue weighted by Crippen LogP contribution is 2.27. The van der Waals surface area contributed by atoms with Gasteiger partial charge in [0.1, 0.15) is 17.1 Å². The van der Waals surface area contributed by atoms with Crippen LogP contribution in [0.15, 0.2) is 36.7 Å². The van der Waals surface area contributed by atoms with Gasteiger partial charge in [-0.15, -0.1) is 0 Å². The summed E-state index contributed by atoms with van der Waals surface area (Å²) in [5.74, 6) is 0.451. The van der Waals surface area contributed by atoms with Crippen LogP contribution in [-0.2, 0) is 24.2 Å². The molecule has 1 aromatic carbocycles. The van der Waals surface area contributed by atoms with Crippen molar-refractivity contribution in [2.75, 3.05) is 18.5 Å². The maximum absolute atomic E-state index is 12.8. The molecule has 6 heteroatoms. The van der Waals surface area contributed by atoms with Crippen LogP contribution in [0.25, 0.3) is 5.65 Å². The highest BCUT2D eigenvalue weighted by Gasteiger charge is 2.16. The third kappa shape index (κ3) is 3.53. The lowest BCUT2D eigenvalue weighted by atomic mass is 10.00. The summed E-state index contributed by atoms with van der Waals surface area (Å²) in [6, 6.07) is 7.65. The van der Waals surface area contributed by atoms with E-state index in [1.165, 1.54) is 5.56 Å². The minimum Gasteiger partial charge on any atom is -0.491 e. The van der Waals surface area contributed by atoms with E-state index in [1.807, 2.05) is 48.0 Å². The predicted molar refractivity (Wildman–Crippen MR) is 103 cm³/mol. The van der Waals surface area contributed by atoms with Crippen molar-refractivity contribution < 1.29 is 14.3 Å². The van der Waals surface area contributed by atoms with Gasteiger partial charge in [0, 0.05) is 24.0 Å². The number of ether oxygens (including phenoxy) is 2. The topological polar surface area (TPSA) is 64.9 Å². The van der Waals surface area contributed by atoms with Crippen LogP contribution in [0.1, 0.15) is 41.0 Å². The zero-order valence-corrected chi connectivity index (χ0v) is 15.6. The number of benzene rings is 1. The van der Waals surface area contributed by atoms with Crippen LogP contribution in [0.4, 0.5) is 5.69 Å². The zero-order valence-electron chi connectivity index (χ0n) is 15.6. The molecule has 6 nitrogen and oxygen atoms in total. The molecule has 3 heterocycles. The van der Waals surface area contributed by atoms with E-state index in [0.717, 1.165) is 36.4 Å². The minimum absolute atomic E-state index is 0.167. The van der Waals surface area contributed by atoms with Gasteiger partial charge in [0.05, 0.1) is 25.5 Å². The Labute approximate surface area is 158 Å². The van der Waals surface area contributed by atoms with E-state index in [0.29, 0.717) is 30.2 Å². The van der Waals surface area contributed by atoms with Crippen molar-refractivity contribution in [3.8, 4) is 5.75 Å². The van der Waals surface area contributed by atoms with Crippen LogP contribution in [-0.4, -0.2) is 28.5 Å². The summed E-state index contributed by atoms with van der Waals surface area (Å²) in [6.45, 7) is 5.79. The highest BCUT2D eigenvalue weighted by molar-refractivity contribution is 6.05. The maximum Gasteiger partial charge on any atom is 0.255 e. The lowest BCUT2D eigenvalue weighted by Gasteiger charge is -2.17. The second-order valence-corrected chi connectivity index (χ2v) is 6.58. The number of aromatic nitrogens is 2. The molecule has 1 N–H and O–H groups in total. The smallest absolute Gasteiger partial charge is 0.255 e. The molecule has 1 amide bonds. The number of rotatable bonds is 5. The standard InChI is InChI=1S/C21H23N3O3/c1-3-17-11-24-12-18(19(27-4-2)10-20(24)22-17)23-21(25)15-6-5-14-7-8-26-13-16(14)9-15/h5-6,9-12H,3-4,7-8,13H2,1-2H3,(H,23,25). The molecular formula is C21H23N3O3. The SMILES string of the molecule is CCOc1cc2nc(CC)cn2cc1NC(=O)c1ccc2c(c1)COCC2. The van der Waals surface area contributed by atoms with Gasteiger partial charge in [-0.25, -0.2) is 4.98 Å². The molecule has 0 unspecified atom stereocenters. The first-order valence-electron chi connectivity index (χ1n) is 9.33. The molecular weight excluding hydrogens is 342 g/mol. The Morgan fingerprint density at radius 3 is 2.96 bits per heavy atom. The number of amides is 1. The van der Waals surface area contributed by atoms with Crippen molar-refractivity contribution in [3.63, 3.8) is 0 Å². The molecule has 3 aromatic rings. The number of nitrogens with one attached hydrogen (secondary N) is 1. The Morgan fingerprint density at radius 1 is 1.26 bits per heavy atom. The summed E-state index contributed by atoms with van der Waals surface area (Å²) in [7, 11) is 0. The molecule has 0 spiro atoms. The maximum atomic E-state index is 12.8. The Hall–Kier alpha value is -2.86. The van der Waals surface area contributed by atoms with Gasteiger partial charge in [-0.1, -0.05) is 13.0 Å². The lowest BCUT2D eigenvalue weighted by molar-refractivity contribution is 0.102. The summed E-state index contributed by atoms with van der Waals surface area (Å²) in [6.07, 6.45) is 5.57. The van der Waals surface area contributed by atoms with Gasteiger partial charge in [0.2, 0.25) is 0 Å². The van der Waals surface area contributed by atoms with Gasteiger partial charge < -0.3 is 19.2 Å². The lowest BCUT2D eigenvalue weighted by Crippen LogP contribution is -2.16. The molecule has 140 valence electrons. The van der Waals surface area contributed by atoms with Crippen LogP contribution in [0.5, 0.6) is 5.75 Å². The largest absolute Gasteiger partial charge is 0.491 e. The number of hydrogen-bond donors (Lipinski definition) is 1.